The maximum atomic E-state index is 14.1. The number of hydrogen-bond acceptors (Lipinski definition) is 13. The minimum atomic E-state index is -0.387. The minimum Gasteiger partial charge on any atom is -0.497 e. The van der Waals surface area contributed by atoms with Gasteiger partial charge in [-0.25, -0.2) is 35.1 Å². The Labute approximate surface area is 802 Å². The highest BCUT2D eigenvalue weighted by Crippen LogP contribution is 2.42. The normalized spacial score (nSPS) is 13.0. The second-order valence-electron chi connectivity index (χ2n) is 32.2. The van der Waals surface area contributed by atoms with Crippen molar-refractivity contribution in [3.8, 4) is 28.7 Å². The molecule has 0 spiro atoms. The Bertz CT molecular complexity index is 5700. The van der Waals surface area contributed by atoms with Crippen LogP contribution in [0.4, 0.5) is 35.1 Å². The molecule has 2 aliphatic rings. The smallest absolute Gasteiger partial charge is 0.233 e. The number of nitrogens with two attached hydrogens (primary N) is 7. The van der Waals surface area contributed by atoms with E-state index in [0.717, 1.165) is 68.8 Å². The number of methoxy groups -OCH3 is 2. The SMILES string of the molecule is COc1cccc([C@@H](CCN)c2cccc(Cl)c2)c1.COc1cccc([C@H](CCN)c2cccc(Cl)c2)c1.NCC(=O)NCCC(c1cccc(F)c1)c1cccc(F)c1.NCCC1c2cccc(F)c2CCc2c(F)cccc21.NCCC1c2ccccc2COc2ccccc21.NCC[C@@H](Oc1cccc(F)c1)c1cccc(F)c1.NCC[C@H](Oc1cccc(F)c1)c1cccc(F)c1. The summed E-state index contributed by atoms with van der Waals surface area (Å²) in [6.07, 6.45) is 5.31. The predicted octanol–water partition coefficient (Wildman–Crippen LogP) is 23.7. The molecule has 24 heteroatoms. The molecule has 14 aromatic rings. The van der Waals surface area contributed by atoms with Crippen molar-refractivity contribution in [3.63, 3.8) is 0 Å². The molecule has 0 aromatic heterocycles. The van der Waals surface area contributed by atoms with Gasteiger partial charge in [0.1, 0.15) is 94.1 Å². The third-order valence-corrected chi connectivity index (χ3v) is 23.5. The number of nitrogens with one attached hydrogen (secondary N) is 1. The summed E-state index contributed by atoms with van der Waals surface area (Å²) < 4.78 is 136. The van der Waals surface area contributed by atoms with Crippen molar-refractivity contribution in [2.45, 2.75) is 106 Å². The molecule has 136 heavy (non-hydrogen) atoms. The number of para-hydroxylation sites is 1. The third kappa shape index (κ3) is 32.2. The van der Waals surface area contributed by atoms with E-state index >= 15 is 0 Å². The zero-order valence-electron chi connectivity index (χ0n) is 76.2. The Morgan fingerprint density at radius 3 is 1.07 bits per heavy atom. The fourth-order valence-corrected chi connectivity index (χ4v) is 17.0. The molecule has 712 valence electrons. The number of carbonyl (C=O) groups is 1. The largest absolute Gasteiger partial charge is 0.497 e. The molecule has 0 radical (unpaired) electrons. The summed E-state index contributed by atoms with van der Waals surface area (Å²) in [5.41, 5.74) is 54.2. The Balaban J connectivity index is 0.000000164. The molecule has 5 atom stereocenters. The van der Waals surface area contributed by atoms with Gasteiger partial charge in [-0.3, -0.25) is 4.79 Å². The van der Waals surface area contributed by atoms with Gasteiger partial charge in [0, 0.05) is 76.7 Å². The molecule has 1 unspecified atom stereocenters. The fraction of sp³-hybridized carbons (Fsp3) is 0.241. The summed E-state index contributed by atoms with van der Waals surface area (Å²) in [7, 11) is 3.35. The Kier molecular flexibility index (Phi) is 43.4. The fourth-order valence-electron chi connectivity index (χ4n) is 16.6. The number of carbonyl (C=O) groups excluding carboxylic acids is 1. The minimum absolute atomic E-state index is 0.0149. The van der Waals surface area contributed by atoms with Crippen molar-refractivity contribution < 1.29 is 63.6 Å². The topological polar surface area (TPSA) is 257 Å². The Hall–Kier alpha value is -12.7. The van der Waals surface area contributed by atoms with Gasteiger partial charge in [-0.2, -0.15) is 0 Å². The lowest BCUT2D eigenvalue weighted by Gasteiger charge is -2.20. The molecule has 14 nitrogen and oxygen atoms in total. The maximum Gasteiger partial charge on any atom is 0.233 e. The second kappa shape index (κ2) is 56.0. The zero-order valence-corrected chi connectivity index (χ0v) is 77.7. The predicted molar refractivity (Wildman–Crippen MR) is 529 cm³/mol. The lowest BCUT2D eigenvalue weighted by molar-refractivity contribution is -0.119. The van der Waals surface area contributed by atoms with Gasteiger partial charge in [-0.15, -0.1) is 0 Å². The quantitative estimate of drug-likeness (QED) is 0.0195. The van der Waals surface area contributed by atoms with Gasteiger partial charge in [-0.05, 0) is 302 Å². The number of benzene rings is 14. The first kappa shape index (κ1) is 105. The number of hydrogen-bond donors (Lipinski definition) is 8. The van der Waals surface area contributed by atoms with Crippen LogP contribution in [0.5, 0.6) is 28.7 Å². The van der Waals surface area contributed by atoms with Gasteiger partial charge in [0.05, 0.1) is 20.8 Å². The van der Waals surface area contributed by atoms with E-state index in [1.54, 1.807) is 99.1 Å². The number of ether oxygens (including phenoxy) is 5. The van der Waals surface area contributed by atoms with Crippen molar-refractivity contribution >= 4 is 29.1 Å². The standard InChI is InChI=1S/C17H18F2N2O.C17H17F2N.2C16H18ClNO.C16H17NO.2C15H15F2NO/c18-14-5-1-3-12(9-14)16(7-8-21-17(22)11-20)13-4-2-6-15(19)10-13;18-16-5-1-3-11-13(9-10-20)12-4-2-6-17(19)15(12)8-7-14(11)16;2*1-19-15-7-3-5-13(11-15)16(8-9-18)12-4-2-6-14(17)10-12;17-10-9-14-13-6-2-1-5-12(13)11-18-16-8-4-3-7-15(14)16;2*16-12-4-1-3-11(9-12)15(7-8-18)19-14-6-2-5-13(17)10-14/h1-6,9-10,16H,7-8,11,20H2,(H,21,22);1-6,13H,7-10,20H2;2*2-7,10-11,16H,8-9,18H2,1H3;1-8,14H,9-11,17H2;2*1-6,9-10,15H,7-8,18H2/t;;2*16-;;2*15-/m..10.10/s1. The highest BCUT2D eigenvalue weighted by Gasteiger charge is 2.29. The van der Waals surface area contributed by atoms with E-state index < -0.39 is 0 Å². The molecule has 14 aromatic carbocycles. The summed E-state index contributed by atoms with van der Waals surface area (Å²) in [5, 5.41) is 4.18. The van der Waals surface area contributed by atoms with Crippen LogP contribution in [-0.2, 0) is 24.2 Å². The maximum absolute atomic E-state index is 14.1. The number of rotatable bonds is 30. The number of halogens is 10. The first-order valence-electron chi connectivity index (χ1n) is 45.2. The van der Waals surface area contributed by atoms with Gasteiger partial charge in [-0.1, -0.05) is 199 Å². The lowest BCUT2D eigenvalue weighted by atomic mass is 9.85. The molecule has 16 rings (SSSR count). The summed E-state index contributed by atoms with van der Waals surface area (Å²) in [4.78, 5) is 11.2. The van der Waals surface area contributed by atoms with Gasteiger partial charge in [0.2, 0.25) is 5.91 Å². The van der Waals surface area contributed by atoms with Crippen molar-refractivity contribution in [1.29, 1.82) is 0 Å². The Morgan fingerprint density at radius 1 is 0.346 bits per heavy atom. The molecule has 0 saturated carbocycles. The molecule has 1 aliphatic carbocycles. The summed E-state index contributed by atoms with van der Waals surface area (Å²) in [5.74, 6) is 1.42. The molecule has 1 amide bonds. The number of fused-ring (bicyclic) bond motifs is 4. The van der Waals surface area contributed by atoms with Crippen LogP contribution in [0, 0.1) is 46.5 Å². The highest BCUT2D eigenvalue weighted by molar-refractivity contribution is 6.31. The van der Waals surface area contributed by atoms with Gasteiger partial charge < -0.3 is 69.1 Å². The Morgan fingerprint density at radius 2 is 0.676 bits per heavy atom. The lowest BCUT2D eigenvalue weighted by Crippen LogP contribution is -2.31. The van der Waals surface area contributed by atoms with E-state index in [1.807, 2.05) is 84.9 Å². The molecule has 1 heterocycles. The third-order valence-electron chi connectivity index (χ3n) is 23.0. The van der Waals surface area contributed by atoms with E-state index in [0.29, 0.717) is 131 Å². The molecule has 0 saturated heterocycles. The van der Waals surface area contributed by atoms with Crippen LogP contribution in [0.15, 0.2) is 328 Å². The van der Waals surface area contributed by atoms with Crippen LogP contribution in [0.3, 0.4) is 0 Å². The van der Waals surface area contributed by atoms with Gasteiger partial charge in [0.15, 0.2) is 0 Å². The van der Waals surface area contributed by atoms with Crippen LogP contribution in [0.25, 0.3) is 0 Å². The van der Waals surface area contributed by atoms with E-state index in [9.17, 15) is 39.9 Å². The highest BCUT2D eigenvalue weighted by atomic mass is 35.5. The van der Waals surface area contributed by atoms with E-state index in [1.165, 1.54) is 124 Å². The molecule has 1 aliphatic heterocycles. The monoisotopic (exact) mass is 1890 g/mol. The first-order chi connectivity index (χ1) is 66.1. The van der Waals surface area contributed by atoms with E-state index in [2.05, 4.69) is 78.1 Å². The first-order valence-corrected chi connectivity index (χ1v) is 46.0. The second-order valence-corrected chi connectivity index (χ2v) is 33.1. The van der Waals surface area contributed by atoms with Gasteiger partial charge >= 0.3 is 0 Å². The van der Waals surface area contributed by atoms with Crippen LogP contribution >= 0.6 is 23.2 Å². The number of amides is 1. The average molecular weight is 1900 g/mol. The molecule has 0 fully saturated rings. The summed E-state index contributed by atoms with van der Waals surface area (Å²) in [6.45, 7) is 4.20. The van der Waals surface area contributed by atoms with Crippen molar-refractivity contribution in [1.82, 2.24) is 5.32 Å². The summed E-state index contributed by atoms with van der Waals surface area (Å²) in [6, 6.07) is 95.6. The molecular weight excluding hydrogens is 1780 g/mol. The van der Waals surface area contributed by atoms with Crippen LogP contribution in [0.2, 0.25) is 10.0 Å². The van der Waals surface area contributed by atoms with Crippen LogP contribution in [0.1, 0.15) is 170 Å². The summed E-state index contributed by atoms with van der Waals surface area (Å²) >= 11 is 12.2. The molecule has 15 N–H and O–H groups in total. The van der Waals surface area contributed by atoms with Crippen LogP contribution < -0.4 is 69.1 Å². The zero-order chi connectivity index (χ0) is 97.1. The molecule has 0 bridgehead atoms. The van der Waals surface area contributed by atoms with Crippen molar-refractivity contribution in [3.05, 3.63) is 468 Å². The average Bonchev–Trinajstić information content (AvgIpc) is 1.66. The van der Waals surface area contributed by atoms with Crippen molar-refractivity contribution in [2.75, 3.05) is 66.6 Å². The van der Waals surface area contributed by atoms with Gasteiger partial charge in [0.25, 0.3) is 0 Å². The van der Waals surface area contributed by atoms with Crippen LogP contribution in [-0.4, -0.2) is 72.5 Å². The molecular formula is C112H118Cl2F8N8O6. The van der Waals surface area contributed by atoms with E-state index in [-0.39, 0.29) is 94.9 Å². The van der Waals surface area contributed by atoms with Crippen molar-refractivity contribution in [2.24, 2.45) is 40.1 Å². The van der Waals surface area contributed by atoms with E-state index in [4.69, 9.17) is 87.0 Å².